The van der Waals surface area contributed by atoms with Crippen LogP contribution in [0.1, 0.15) is 15.9 Å². The number of amides is 2. The molecule has 1 aliphatic heterocycles. The number of urea groups is 1. The van der Waals surface area contributed by atoms with Crippen LogP contribution in [0, 0.1) is 5.82 Å². The zero-order valence-electron chi connectivity index (χ0n) is 15.4. The highest BCUT2D eigenvalue weighted by Gasteiger charge is 2.25. The number of carbonyl (C=O) groups excluding carboxylic acids is 2. The van der Waals surface area contributed by atoms with Crippen LogP contribution >= 0.6 is 11.6 Å². The maximum atomic E-state index is 14.6. The summed E-state index contributed by atoms with van der Waals surface area (Å²) in [5.74, 6) is -1.22. The summed E-state index contributed by atoms with van der Waals surface area (Å²) < 4.78 is 24.5. The number of benzene rings is 2. The van der Waals surface area contributed by atoms with Crippen molar-refractivity contribution < 1.29 is 23.5 Å². The van der Waals surface area contributed by atoms with Gasteiger partial charge in [-0.15, -0.1) is 0 Å². The highest BCUT2D eigenvalue weighted by atomic mass is 35.5. The van der Waals surface area contributed by atoms with E-state index in [1.807, 2.05) is 0 Å². The van der Waals surface area contributed by atoms with Crippen molar-refractivity contribution in [3.05, 3.63) is 64.4 Å². The summed E-state index contributed by atoms with van der Waals surface area (Å²) in [6.45, 7) is 1.82. The van der Waals surface area contributed by atoms with Gasteiger partial charge in [-0.1, -0.05) is 23.7 Å². The first-order chi connectivity index (χ1) is 13.5. The van der Waals surface area contributed by atoms with Crippen LogP contribution in [0.15, 0.2) is 42.5 Å². The molecule has 2 amide bonds. The standard InChI is InChI=1S/C20H20ClFN2O4/c1-27-19(25)14-5-6-15(18(22)11-14)13-24(17-4-2-3-16(21)12-17)20(26)23-7-9-28-10-8-23/h2-6,11-12H,7-10,13H2,1H3. The smallest absolute Gasteiger partial charge is 0.337 e. The summed E-state index contributed by atoms with van der Waals surface area (Å²) in [4.78, 5) is 27.8. The number of carbonyl (C=O) groups is 2. The van der Waals surface area contributed by atoms with Gasteiger partial charge in [0.15, 0.2) is 0 Å². The molecule has 6 nitrogen and oxygen atoms in total. The third kappa shape index (κ3) is 4.61. The number of morpholine rings is 1. The number of rotatable bonds is 4. The predicted octanol–water partition coefficient (Wildman–Crippen LogP) is 3.72. The molecular formula is C20H20ClFN2O4. The van der Waals surface area contributed by atoms with Crippen molar-refractivity contribution in [2.45, 2.75) is 6.54 Å². The Balaban J connectivity index is 1.91. The highest BCUT2D eigenvalue weighted by Crippen LogP contribution is 2.24. The van der Waals surface area contributed by atoms with E-state index in [2.05, 4.69) is 4.74 Å². The van der Waals surface area contributed by atoms with Gasteiger partial charge in [0.05, 0.1) is 32.4 Å². The predicted molar refractivity (Wildman–Crippen MR) is 103 cm³/mol. The van der Waals surface area contributed by atoms with Crippen molar-refractivity contribution in [3.63, 3.8) is 0 Å². The molecule has 8 heteroatoms. The van der Waals surface area contributed by atoms with Crippen LogP contribution in [0.5, 0.6) is 0 Å². The van der Waals surface area contributed by atoms with Gasteiger partial charge >= 0.3 is 12.0 Å². The number of anilines is 1. The number of nitrogens with zero attached hydrogens (tertiary/aromatic N) is 2. The molecule has 1 aliphatic rings. The Morgan fingerprint density at radius 3 is 2.61 bits per heavy atom. The van der Waals surface area contributed by atoms with Gasteiger partial charge in [-0.2, -0.15) is 0 Å². The van der Waals surface area contributed by atoms with Gasteiger partial charge in [0.25, 0.3) is 0 Å². The van der Waals surface area contributed by atoms with Crippen molar-refractivity contribution >= 4 is 29.3 Å². The summed E-state index contributed by atoms with van der Waals surface area (Å²) in [7, 11) is 1.23. The second-order valence-electron chi connectivity index (χ2n) is 6.25. The van der Waals surface area contributed by atoms with E-state index in [9.17, 15) is 14.0 Å². The number of hydrogen-bond acceptors (Lipinski definition) is 4. The molecule has 0 saturated carbocycles. The zero-order valence-corrected chi connectivity index (χ0v) is 16.1. The van der Waals surface area contributed by atoms with Gasteiger partial charge in [-0.3, -0.25) is 4.90 Å². The largest absolute Gasteiger partial charge is 0.465 e. The molecule has 0 bridgehead atoms. The first-order valence-corrected chi connectivity index (χ1v) is 9.14. The molecule has 0 aromatic heterocycles. The molecular weight excluding hydrogens is 387 g/mol. The lowest BCUT2D eigenvalue weighted by Gasteiger charge is -2.33. The van der Waals surface area contributed by atoms with Gasteiger partial charge in [-0.05, 0) is 30.3 Å². The van der Waals surface area contributed by atoms with Crippen LogP contribution in [0.4, 0.5) is 14.9 Å². The van der Waals surface area contributed by atoms with Crippen molar-refractivity contribution in [1.29, 1.82) is 0 Å². The average Bonchev–Trinajstić information content (AvgIpc) is 2.72. The van der Waals surface area contributed by atoms with Crippen LogP contribution in [-0.2, 0) is 16.0 Å². The Morgan fingerprint density at radius 2 is 1.96 bits per heavy atom. The van der Waals surface area contributed by atoms with E-state index in [-0.39, 0.29) is 23.7 Å². The van der Waals surface area contributed by atoms with Gasteiger partial charge < -0.3 is 14.4 Å². The molecule has 0 N–H and O–H groups in total. The molecule has 0 unspecified atom stereocenters. The Labute approximate surface area is 167 Å². The molecule has 0 aliphatic carbocycles. The summed E-state index contributed by atoms with van der Waals surface area (Å²) in [5, 5.41) is 0.471. The van der Waals surface area contributed by atoms with Gasteiger partial charge in [0.1, 0.15) is 5.82 Å². The van der Waals surface area contributed by atoms with Gasteiger partial charge in [-0.25, -0.2) is 14.0 Å². The Hall–Kier alpha value is -2.64. The lowest BCUT2D eigenvalue weighted by atomic mass is 10.1. The quantitative estimate of drug-likeness (QED) is 0.726. The van der Waals surface area contributed by atoms with E-state index in [0.717, 1.165) is 6.07 Å². The molecule has 2 aromatic rings. The Bertz CT molecular complexity index is 871. The van der Waals surface area contributed by atoms with E-state index in [4.69, 9.17) is 16.3 Å². The lowest BCUT2D eigenvalue weighted by molar-refractivity contribution is 0.0548. The molecule has 2 aromatic carbocycles. The number of halogens is 2. The van der Waals surface area contributed by atoms with E-state index >= 15 is 0 Å². The number of esters is 1. The van der Waals surface area contributed by atoms with Crippen molar-refractivity contribution in [2.75, 3.05) is 38.3 Å². The van der Waals surface area contributed by atoms with Gasteiger partial charge in [0, 0.05) is 29.4 Å². The monoisotopic (exact) mass is 406 g/mol. The Morgan fingerprint density at radius 1 is 1.21 bits per heavy atom. The minimum Gasteiger partial charge on any atom is -0.465 e. The molecule has 0 spiro atoms. The third-order valence-corrected chi connectivity index (χ3v) is 4.67. The summed E-state index contributed by atoms with van der Waals surface area (Å²) in [6.07, 6.45) is 0. The fourth-order valence-corrected chi connectivity index (χ4v) is 3.11. The third-order valence-electron chi connectivity index (χ3n) is 4.44. The molecule has 1 heterocycles. The second kappa shape index (κ2) is 9.03. The molecule has 1 fully saturated rings. The fraction of sp³-hybridized carbons (Fsp3) is 0.300. The van der Waals surface area contributed by atoms with Crippen LogP contribution < -0.4 is 4.90 Å². The van der Waals surface area contributed by atoms with Crippen LogP contribution in [0.2, 0.25) is 5.02 Å². The van der Waals surface area contributed by atoms with Crippen LogP contribution in [0.25, 0.3) is 0 Å². The molecule has 0 atom stereocenters. The lowest BCUT2D eigenvalue weighted by Crippen LogP contribution is -2.48. The van der Waals surface area contributed by atoms with Crippen LogP contribution in [-0.4, -0.2) is 50.3 Å². The molecule has 1 saturated heterocycles. The Kier molecular flexibility index (Phi) is 6.49. The van der Waals surface area contributed by atoms with E-state index in [1.165, 1.54) is 24.1 Å². The first kappa shape index (κ1) is 20.1. The van der Waals surface area contributed by atoms with Crippen molar-refractivity contribution in [1.82, 2.24) is 4.90 Å². The average molecular weight is 407 g/mol. The molecule has 3 rings (SSSR count). The highest BCUT2D eigenvalue weighted by molar-refractivity contribution is 6.30. The number of ether oxygens (including phenoxy) is 2. The summed E-state index contributed by atoms with van der Waals surface area (Å²) in [6, 6.07) is 10.6. The topological polar surface area (TPSA) is 59.1 Å². The first-order valence-electron chi connectivity index (χ1n) is 8.76. The minimum absolute atomic E-state index is 0.0101. The van der Waals surface area contributed by atoms with Gasteiger partial charge in [0.2, 0.25) is 0 Å². The number of hydrogen-bond donors (Lipinski definition) is 0. The second-order valence-corrected chi connectivity index (χ2v) is 6.68. The summed E-state index contributed by atoms with van der Waals surface area (Å²) >= 11 is 6.09. The molecule has 0 radical (unpaired) electrons. The molecule has 28 heavy (non-hydrogen) atoms. The maximum Gasteiger partial charge on any atom is 0.337 e. The number of methoxy groups -OCH3 is 1. The van der Waals surface area contributed by atoms with E-state index in [1.54, 1.807) is 29.2 Å². The van der Waals surface area contributed by atoms with Crippen molar-refractivity contribution in [3.8, 4) is 0 Å². The van der Waals surface area contributed by atoms with E-state index in [0.29, 0.717) is 37.0 Å². The maximum absolute atomic E-state index is 14.6. The molecule has 148 valence electrons. The SMILES string of the molecule is COC(=O)c1ccc(CN(C(=O)N2CCOCC2)c2cccc(Cl)c2)c(F)c1. The normalized spacial score (nSPS) is 13.9. The van der Waals surface area contributed by atoms with Crippen molar-refractivity contribution in [2.24, 2.45) is 0 Å². The minimum atomic E-state index is -0.624. The fourth-order valence-electron chi connectivity index (χ4n) is 2.93. The van der Waals surface area contributed by atoms with E-state index < -0.39 is 11.8 Å². The zero-order chi connectivity index (χ0) is 20.1. The van der Waals surface area contributed by atoms with Crippen LogP contribution in [0.3, 0.4) is 0 Å². The summed E-state index contributed by atoms with van der Waals surface area (Å²) in [5.41, 5.74) is 0.937.